The number of benzene rings is 1. The molecule has 1 unspecified atom stereocenters. The van der Waals surface area contributed by atoms with Crippen molar-refractivity contribution in [1.29, 1.82) is 0 Å². The van der Waals surface area contributed by atoms with E-state index in [1.54, 1.807) is 7.11 Å². The molecule has 0 saturated carbocycles. The third-order valence-electron chi connectivity index (χ3n) is 2.28. The number of nitrogens with one attached hydrogen (secondary N) is 1. The highest BCUT2D eigenvalue weighted by Gasteiger charge is 2.21. The molecular weight excluding hydrogens is 202 g/mol. The van der Waals surface area contributed by atoms with E-state index in [2.05, 4.69) is 41.2 Å². The van der Waals surface area contributed by atoms with Crippen LogP contribution in [0.5, 0.6) is 0 Å². The standard InChI is InChI=1S/C10H13NO.C3H8O/c1-8-2-4-9(5-3-8)11-6-10-7-12-10;1-3-4-2/h2-5,10-11H,6-7H2,1H3;3H2,1-2H3. The van der Waals surface area contributed by atoms with E-state index in [9.17, 15) is 0 Å². The van der Waals surface area contributed by atoms with Gasteiger partial charge in [0.05, 0.1) is 12.7 Å². The number of methoxy groups -OCH3 is 1. The molecule has 3 nitrogen and oxygen atoms in total. The molecule has 2 rings (SSSR count). The summed E-state index contributed by atoms with van der Waals surface area (Å²) >= 11 is 0. The van der Waals surface area contributed by atoms with Crippen molar-refractivity contribution >= 4 is 5.69 Å². The molecule has 1 saturated heterocycles. The topological polar surface area (TPSA) is 33.8 Å². The molecule has 16 heavy (non-hydrogen) atoms. The van der Waals surface area contributed by atoms with Gasteiger partial charge < -0.3 is 14.8 Å². The Labute approximate surface area is 97.8 Å². The SMILES string of the molecule is CCOC.Cc1ccc(NCC2CO2)cc1. The van der Waals surface area contributed by atoms with E-state index >= 15 is 0 Å². The molecular formula is C13H21NO2. The second-order valence-corrected chi connectivity index (χ2v) is 3.78. The normalized spacial score (nSPS) is 17.3. The number of aryl methyl sites for hydroxylation is 1. The van der Waals surface area contributed by atoms with Crippen LogP contribution in [0.4, 0.5) is 5.69 Å². The fourth-order valence-electron chi connectivity index (χ4n) is 1.09. The monoisotopic (exact) mass is 223 g/mol. The van der Waals surface area contributed by atoms with Crippen LogP contribution >= 0.6 is 0 Å². The molecule has 1 fully saturated rings. The molecule has 1 aliphatic heterocycles. The van der Waals surface area contributed by atoms with Gasteiger partial charge in [0.1, 0.15) is 0 Å². The largest absolute Gasteiger partial charge is 0.385 e. The van der Waals surface area contributed by atoms with Crippen molar-refractivity contribution in [3.63, 3.8) is 0 Å². The van der Waals surface area contributed by atoms with Crippen molar-refractivity contribution in [3.05, 3.63) is 29.8 Å². The summed E-state index contributed by atoms with van der Waals surface area (Å²) in [5.41, 5.74) is 2.47. The molecule has 0 aliphatic carbocycles. The summed E-state index contributed by atoms with van der Waals surface area (Å²) in [6.07, 6.45) is 0.450. The summed E-state index contributed by atoms with van der Waals surface area (Å²) in [7, 11) is 1.68. The highest BCUT2D eigenvalue weighted by atomic mass is 16.6. The molecule has 1 heterocycles. The molecule has 0 bridgehead atoms. The Morgan fingerprint density at radius 2 is 1.94 bits per heavy atom. The van der Waals surface area contributed by atoms with Gasteiger partial charge in [0.2, 0.25) is 0 Å². The predicted molar refractivity (Wildman–Crippen MR) is 67.0 cm³/mol. The van der Waals surface area contributed by atoms with Crippen LogP contribution < -0.4 is 5.32 Å². The molecule has 0 amide bonds. The third-order valence-corrected chi connectivity index (χ3v) is 2.28. The van der Waals surface area contributed by atoms with E-state index in [1.807, 2.05) is 6.92 Å². The first-order chi connectivity index (χ1) is 7.76. The second kappa shape index (κ2) is 7.25. The summed E-state index contributed by atoms with van der Waals surface area (Å²) < 4.78 is 9.63. The van der Waals surface area contributed by atoms with E-state index in [0.29, 0.717) is 6.10 Å². The summed E-state index contributed by atoms with van der Waals surface area (Å²) in [6, 6.07) is 8.40. The average Bonchev–Trinajstić information content (AvgIpc) is 3.13. The lowest BCUT2D eigenvalue weighted by molar-refractivity contribution is 0.215. The van der Waals surface area contributed by atoms with Crippen molar-refractivity contribution in [2.75, 3.05) is 32.2 Å². The van der Waals surface area contributed by atoms with Gasteiger partial charge in [-0.05, 0) is 26.0 Å². The zero-order valence-corrected chi connectivity index (χ0v) is 10.3. The molecule has 3 heteroatoms. The lowest BCUT2D eigenvalue weighted by Crippen LogP contribution is -2.07. The van der Waals surface area contributed by atoms with Crippen LogP contribution in [0.1, 0.15) is 12.5 Å². The van der Waals surface area contributed by atoms with Crippen molar-refractivity contribution in [3.8, 4) is 0 Å². The maximum Gasteiger partial charge on any atom is 0.0981 e. The molecule has 90 valence electrons. The van der Waals surface area contributed by atoms with E-state index in [4.69, 9.17) is 4.74 Å². The van der Waals surface area contributed by atoms with Crippen molar-refractivity contribution < 1.29 is 9.47 Å². The highest BCUT2D eigenvalue weighted by Crippen LogP contribution is 2.12. The van der Waals surface area contributed by atoms with Crippen molar-refractivity contribution in [2.45, 2.75) is 20.0 Å². The molecule has 1 aliphatic rings. The van der Waals surface area contributed by atoms with Crippen LogP contribution in [0.2, 0.25) is 0 Å². The molecule has 0 spiro atoms. The lowest BCUT2D eigenvalue weighted by atomic mass is 10.2. The third kappa shape index (κ3) is 5.73. The number of anilines is 1. The Morgan fingerprint density at radius 3 is 2.38 bits per heavy atom. The number of ether oxygens (including phenoxy) is 2. The second-order valence-electron chi connectivity index (χ2n) is 3.78. The van der Waals surface area contributed by atoms with Crippen LogP contribution in [-0.2, 0) is 9.47 Å². The first kappa shape index (κ1) is 13.0. The van der Waals surface area contributed by atoms with Gasteiger partial charge in [0, 0.05) is 25.9 Å². The van der Waals surface area contributed by atoms with Crippen LogP contribution in [0, 0.1) is 6.92 Å². The van der Waals surface area contributed by atoms with Gasteiger partial charge in [-0.15, -0.1) is 0 Å². The smallest absolute Gasteiger partial charge is 0.0981 e. The Balaban J connectivity index is 0.000000280. The molecule has 0 radical (unpaired) electrons. The minimum atomic E-state index is 0.450. The fraction of sp³-hybridized carbons (Fsp3) is 0.538. The Kier molecular flexibility index (Phi) is 5.90. The van der Waals surface area contributed by atoms with Gasteiger partial charge in [-0.3, -0.25) is 0 Å². The Morgan fingerprint density at radius 1 is 1.38 bits per heavy atom. The van der Waals surface area contributed by atoms with Crippen LogP contribution in [0.3, 0.4) is 0 Å². The van der Waals surface area contributed by atoms with Gasteiger partial charge in [0.25, 0.3) is 0 Å². The minimum Gasteiger partial charge on any atom is -0.385 e. The number of hydrogen-bond donors (Lipinski definition) is 1. The quantitative estimate of drug-likeness (QED) is 0.796. The molecule has 1 aromatic rings. The zero-order valence-electron chi connectivity index (χ0n) is 10.3. The first-order valence-electron chi connectivity index (χ1n) is 5.67. The summed E-state index contributed by atoms with van der Waals surface area (Å²) in [5.74, 6) is 0. The minimum absolute atomic E-state index is 0.450. The van der Waals surface area contributed by atoms with E-state index in [0.717, 1.165) is 19.8 Å². The fourth-order valence-corrected chi connectivity index (χ4v) is 1.09. The van der Waals surface area contributed by atoms with Crippen LogP contribution in [0.15, 0.2) is 24.3 Å². The number of epoxide rings is 1. The van der Waals surface area contributed by atoms with E-state index in [-0.39, 0.29) is 0 Å². The maximum absolute atomic E-state index is 5.09. The predicted octanol–water partition coefficient (Wildman–Crippen LogP) is 2.46. The van der Waals surface area contributed by atoms with Gasteiger partial charge in [-0.25, -0.2) is 0 Å². The van der Waals surface area contributed by atoms with Gasteiger partial charge >= 0.3 is 0 Å². The average molecular weight is 223 g/mol. The number of rotatable bonds is 4. The number of hydrogen-bond acceptors (Lipinski definition) is 3. The van der Waals surface area contributed by atoms with Crippen molar-refractivity contribution in [1.82, 2.24) is 0 Å². The van der Waals surface area contributed by atoms with Crippen LogP contribution in [-0.4, -0.2) is 33.0 Å². The highest BCUT2D eigenvalue weighted by molar-refractivity contribution is 5.44. The lowest BCUT2D eigenvalue weighted by Gasteiger charge is -2.03. The summed E-state index contributed by atoms with van der Waals surface area (Å²) in [6.45, 7) is 6.72. The van der Waals surface area contributed by atoms with E-state index < -0.39 is 0 Å². The molecule has 0 aromatic heterocycles. The molecule has 1 N–H and O–H groups in total. The molecule has 1 aromatic carbocycles. The maximum atomic E-state index is 5.09. The van der Waals surface area contributed by atoms with Gasteiger partial charge in [0.15, 0.2) is 0 Å². The Hall–Kier alpha value is -1.06. The molecule has 1 atom stereocenters. The summed E-state index contributed by atoms with van der Waals surface area (Å²) in [4.78, 5) is 0. The summed E-state index contributed by atoms with van der Waals surface area (Å²) in [5, 5.41) is 3.31. The van der Waals surface area contributed by atoms with E-state index in [1.165, 1.54) is 11.3 Å². The van der Waals surface area contributed by atoms with Crippen molar-refractivity contribution in [2.24, 2.45) is 0 Å². The zero-order chi connectivity index (χ0) is 11.8. The van der Waals surface area contributed by atoms with Crippen LogP contribution in [0.25, 0.3) is 0 Å². The van der Waals surface area contributed by atoms with Gasteiger partial charge in [-0.2, -0.15) is 0 Å². The first-order valence-corrected chi connectivity index (χ1v) is 5.67. The van der Waals surface area contributed by atoms with Gasteiger partial charge in [-0.1, -0.05) is 17.7 Å². The Bertz CT molecular complexity index is 278.